The number of phosphoric ester groups is 2. The van der Waals surface area contributed by atoms with Crippen LogP contribution in [0.3, 0.4) is 0 Å². The number of esters is 4. The summed E-state index contributed by atoms with van der Waals surface area (Å²) in [6.45, 7) is 4.74. The van der Waals surface area contributed by atoms with Gasteiger partial charge < -0.3 is 33.8 Å². The number of carbonyl (C=O) groups excluding carboxylic acids is 4. The van der Waals surface area contributed by atoms with Crippen LogP contribution in [0.4, 0.5) is 0 Å². The van der Waals surface area contributed by atoms with Gasteiger partial charge in [-0.1, -0.05) is 246 Å². The Bertz CT molecular complexity index is 1520. The first-order valence-electron chi connectivity index (χ1n) is 31.3. The molecule has 0 aliphatic heterocycles. The predicted octanol–water partition coefficient (Wildman–Crippen LogP) is 16.0. The lowest BCUT2D eigenvalue weighted by atomic mass is 10.0. The maximum atomic E-state index is 12.9. The Morgan fingerprint density at radius 1 is 0.308 bits per heavy atom. The molecule has 0 fully saturated rings. The van der Waals surface area contributed by atoms with E-state index in [9.17, 15) is 43.2 Å². The monoisotopic (exact) mass is 1160 g/mol. The van der Waals surface area contributed by atoms with Gasteiger partial charge in [0.25, 0.3) is 0 Å². The van der Waals surface area contributed by atoms with E-state index in [1.54, 1.807) is 0 Å². The molecule has 2 unspecified atom stereocenters. The molecular formula is C59H114O17P2. The second-order valence-electron chi connectivity index (χ2n) is 21.4. The van der Waals surface area contributed by atoms with E-state index in [0.29, 0.717) is 25.7 Å². The summed E-state index contributed by atoms with van der Waals surface area (Å²) in [6.07, 6.45) is 37.9. The molecule has 19 heteroatoms. The molecular weight excluding hydrogens is 1040 g/mol. The zero-order chi connectivity index (χ0) is 57.6. The molecule has 0 saturated heterocycles. The summed E-state index contributed by atoms with van der Waals surface area (Å²) < 4.78 is 67.5. The Balaban J connectivity index is 5.15. The highest BCUT2D eigenvalue weighted by Gasteiger charge is 2.30. The van der Waals surface area contributed by atoms with Crippen LogP contribution in [-0.2, 0) is 65.4 Å². The zero-order valence-corrected chi connectivity index (χ0v) is 51.4. The molecule has 0 aliphatic carbocycles. The average Bonchev–Trinajstić information content (AvgIpc) is 3.41. The predicted molar refractivity (Wildman–Crippen MR) is 308 cm³/mol. The van der Waals surface area contributed by atoms with Crippen molar-refractivity contribution in [2.75, 3.05) is 39.6 Å². The molecule has 3 N–H and O–H groups in total. The molecule has 0 amide bonds. The van der Waals surface area contributed by atoms with Gasteiger partial charge in [0.05, 0.1) is 26.4 Å². The van der Waals surface area contributed by atoms with Crippen molar-refractivity contribution in [2.45, 2.75) is 316 Å². The minimum absolute atomic E-state index is 0.104. The summed E-state index contributed by atoms with van der Waals surface area (Å²) in [7, 11) is -9.86. The fourth-order valence-electron chi connectivity index (χ4n) is 8.75. The van der Waals surface area contributed by atoms with Crippen molar-refractivity contribution in [2.24, 2.45) is 0 Å². The molecule has 17 nitrogen and oxygen atoms in total. The molecule has 462 valence electrons. The molecule has 0 aromatic carbocycles. The van der Waals surface area contributed by atoms with Gasteiger partial charge >= 0.3 is 39.5 Å². The van der Waals surface area contributed by atoms with Gasteiger partial charge in [0.2, 0.25) is 0 Å². The molecule has 0 spiro atoms. The number of aliphatic hydroxyl groups is 1. The van der Waals surface area contributed by atoms with Crippen molar-refractivity contribution in [1.29, 1.82) is 0 Å². The van der Waals surface area contributed by atoms with Gasteiger partial charge in [-0.15, -0.1) is 0 Å². The van der Waals surface area contributed by atoms with Crippen molar-refractivity contribution < 1.29 is 80.2 Å². The molecule has 0 aliphatic rings. The third-order valence-electron chi connectivity index (χ3n) is 13.6. The van der Waals surface area contributed by atoms with Gasteiger partial charge in [-0.05, 0) is 25.7 Å². The molecule has 0 rings (SSSR count). The van der Waals surface area contributed by atoms with Crippen molar-refractivity contribution in [3.63, 3.8) is 0 Å². The summed E-state index contributed by atoms with van der Waals surface area (Å²) in [5, 5.41) is 10.5. The topological polar surface area (TPSA) is 237 Å². The van der Waals surface area contributed by atoms with E-state index >= 15 is 0 Å². The molecule has 0 radical (unpaired) electrons. The summed E-state index contributed by atoms with van der Waals surface area (Å²) in [5.41, 5.74) is 0. The molecule has 0 bridgehead atoms. The third-order valence-corrected chi connectivity index (χ3v) is 15.5. The number of ether oxygens (including phenoxy) is 4. The van der Waals surface area contributed by atoms with E-state index in [1.807, 2.05) is 0 Å². The zero-order valence-electron chi connectivity index (χ0n) is 49.6. The van der Waals surface area contributed by atoms with Gasteiger partial charge in [0.1, 0.15) is 19.3 Å². The SMILES string of the molecule is CCCCCCCCCCCCCCCCCC(=O)O[C@H](COC(=O)CCCCCCCCCCCC)COP(=O)(O)OC[C@@H](O)COP(=O)(O)OC[C@@H](COC(=O)CCCCCCC)OC(=O)CCCCCCCCCC. The minimum Gasteiger partial charge on any atom is -0.462 e. The second kappa shape index (κ2) is 54.3. The van der Waals surface area contributed by atoms with E-state index in [0.717, 1.165) is 103 Å². The van der Waals surface area contributed by atoms with E-state index in [1.165, 1.54) is 116 Å². The average molecular weight is 1160 g/mol. The van der Waals surface area contributed by atoms with Gasteiger partial charge in [-0.3, -0.25) is 37.3 Å². The Morgan fingerprint density at radius 2 is 0.513 bits per heavy atom. The summed E-state index contributed by atoms with van der Waals surface area (Å²) in [6, 6.07) is 0. The van der Waals surface area contributed by atoms with Crippen molar-refractivity contribution >= 4 is 39.5 Å². The van der Waals surface area contributed by atoms with Crippen LogP contribution < -0.4 is 0 Å². The van der Waals surface area contributed by atoms with Gasteiger partial charge in [0.15, 0.2) is 12.2 Å². The van der Waals surface area contributed by atoms with Crippen LogP contribution in [0, 0.1) is 0 Å². The van der Waals surface area contributed by atoms with Crippen LogP contribution in [0.25, 0.3) is 0 Å². The molecule has 0 aromatic heterocycles. The Labute approximate surface area is 473 Å². The number of carbonyl (C=O) groups is 4. The number of phosphoric acid groups is 2. The third kappa shape index (κ3) is 53.4. The lowest BCUT2D eigenvalue weighted by molar-refractivity contribution is -0.161. The Hall–Kier alpha value is -1.94. The summed E-state index contributed by atoms with van der Waals surface area (Å²) in [5.74, 6) is -2.15. The van der Waals surface area contributed by atoms with E-state index in [4.69, 9.17) is 37.0 Å². The van der Waals surface area contributed by atoms with Crippen LogP contribution in [-0.4, -0.2) is 96.7 Å². The fraction of sp³-hybridized carbons (Fsp3) is 0.932. The van der Waals surface area contributed by atoms with Crippen molar-refractivity contribution in [1.82, 2.24) is 0 Å². The smallest absolute Gasteiger partial charge is 0.462 e. The largest absolute Gasteiger partial charge is 0.472 e. The van der Waals surface area contributed by atoms with Crippen LogP contribution in [0.2, 0.25) is 0 Å². The summed E-state index contributed by atoms with van der Waals surface area (Å²) >= 11 is 0. The Kier molecular flexibility index (Phi) is 53.0. The van der Waals surface area contributed by atoms with Crippen LogP contribution >= 0.6 is 15.6 Å². The van der Waals surface area contributed by atoms with Crippen LogP contribution in [0.15, 0.2) is 0 Å². The van der Waals surface area contributed by atoms with Gasteiger partial charge in [-0.2, -0.15) is 0 Å². The van der Waals surface area contributed by atoms with Crippen LogP contribution in [0.1, 0.15) is 297 Å². The van der Waals surface area contributed by atoms with E-state index < -0.39 is 97.5 Å². The summed E-state index contributed by atoms with van der Waals surface area (Å²) in [4.78, 5) is 71.6. The molecule has 78 heavy (non-hydrogen) atoms. The van der Waals surface area contributed by atoms with Crippen molar-refractivity contribution in [3.05, 3.63) is 0 Å². The van der Waals surface area contributed by atoms with E-state index in [-0.39, 0.29) is 25.7 Å². The highest BCUT2D eigenvalue weighted by molar-refractivity contribution is 7.47. The van der Waals surface area contributed by atoms with Gasteiger partial charge in [-0.25, -0.2) is 9.13 Å². The molecule has 0 aromatic rings. The highest BCUT2D eigenvalue weighted by Crippen LogP contribution is 2.45. The maximum absolute atomic E-state index is 12.9. The number of hydrogen-bond acceptors (Lipinski definition) is 15. The first kappa shape index (κ1) is 76.1. The molecule has 5 atom stereocenters. The van der Waals surface area contributed by atoms with Gasteiger partial charge in [0, 0.05) is 25.7 Å². The normalized spacial score (nSPS) is 14.3. The number of aliphatic hydroxyl groups excluding tert-OH is 1. The second-order valence-corrected chi connectivity index (χ2v) is 24.3. The number of rotatable bonds is 60. The van der Waals surface area contributed by atoms with Crippen molar-refractivity contribution in [3.8, 4) is 0 Å². The lowest BCUT2D eigenvalue weighted by Crippen LogP contribution is -2.30. The quantitative estimate of drug-likeness (QED) is 0.0222. The first-order valence-corrected chi connectivity index (χ1v) is 34.3. The number of unbranched alkanes of at least 4 members (excludes halogenated alkanes) is 34. The Morgan fingerprint density at radius 3 is 0.756 bits per heavy atom. The standard InChI is InChI=1S/C59H114O17P2/c1-5-9-13-17-20-23-25-26-27-28-29-31-34-38-42-46-59(64)76-55(50-70-57(62)44-40-36-33-30-24-21-18-14-10-6-2)52-74-78(67,68)72-48-53(60)47-71-77(65,66)73-51-54(49-69-56(61)43-39-35-16-12-8-4)75-58(63)45-41-37-32-22-19-15-11-7-3/h53-55,60H,5-52H2,1-4H3,(H,65,66)(H,67,68)/t53-,54+,55+/m0/s1. The molecule has 0 saturated carbocycles. The highest BCUT2D eigenvalue weighted by atomic mass is 31.2. The lowest BCUT2D eigenvalue weighted by Gasteiger charge is -2.21. The maximum Gasteiger partial charge on any atom is 0.472 e. The fourth-order valence-corrected chi connectivity index (χ4v) is 10.3. The van der Waals surface area contributed by atoms with Crippen LogP contribution in [0.5, 0.6) is 0 Å². The first-order chi connectivity index (χ1) is 37.7. The molecule has 0 heterocycles. The number of hydrogen-bond donors (Lipinski definition) is 3. The minimum atomic E-state index is -4.94. The van der Waals surface area contributed by atoms with E-state index in [2.05, 4.69) is 27.7 Å².